The van der Waals surface area contributed by atoms with Gasteiger partial charge in [0.05, 0.1) is 0 Å². The van der Waals surface area contributed by atoms with Crippen molar-refractivity contribution in [3.05, 3.63) is 0 Å². The van der Waals surface area contributed by atoms with Crippen molar-refractivity contribution in [3.63, 3.8) is 0 Å². The highest BCUT2D eigenvalue weighted by atomic mass is 32.3. The van der Waals surface area contributed by atoms with Crippen molar-refractivity contribution < 1.29 is 38.9 Å². The van der Waals surface area contributed by atoms with Crippen molar-refractivity contribution in [2.75, 3.05) is 0 Å². The maximum Gasteiger partial charge on any atom is 0.345 e. The largest absolute Gasteiger partial charge is 0.345 e. The molecule has 0 fully saturated rings. The van der Waals surface area contributed by atoms with Crippen LogP contribution >= 0.6 is 0 Å². The molecule has 0 amide bonds. The van der Waals surface area contributed by atoms with E-state index in [2.05, 4.69) is 0 Å². The molecule has 0 aromatic heterocycles. The fraction of sp³-hybridized carbons (Fsp3) is 1.00. The van der Waals surface area contributed by atoms with Crippen LogP contribution in [-0.2, 0) is 30.4 Å². The SMILES string of the molecule is CCCC(S(=O)(=O)O)(S(=O)(=O)O)S(=O)(=O)O. The van der Waals surface area contributed by atoms with Crippen molar-refractivity contribution in [2.45, 2.75) is 23.2 Å². The topological polar surface area (TPSA) is 163 Å². The summed E-state index contributed by atoms with van der Waals surface area (Å²) in [6.07, 6.45) is -1.55. The van der Waals surface area contributed by atoms with Crippen LogP contribution in [0.1, 0.15) is 19.8 Å². The summed E-state index contributed by atoms with van der Waals surface area (Å²) in [5.41, 5.74) is 0. The Morgan fingerprint density at radius 1 is 0.812 bits per heavy atom. The molecule has 98 valence electrons. The molecule has 0 radical (unpaired) electrons. The zero-order valence-corrected chi connectivity index (χ0v) is 10.4. The van der Waals surface area contributed by atoms with Crippen molar-refractivity contribution >= 4 is 30.4 Å². The van der Waals surface area contributed by atoms with Crippen molar-refractivity contribution in [2.24, 2.45) is 0 Å². The summed E-state index contributed by atoms with van der Waals surface area (Å²) < 4.78 is 86.7. The molecule has 3 N–H and O–H groups in total. The van der Waals surface area contributed by atoms with Crippen LogP contribution in [0.4, 0.5) is 0 Å². The van der Waals surface area contributed by atoms with Gasteiger partial charge in [0.2, 0.25) is 0 Å². The Morgan fingerprint density at radius 2 is 1.06 bits per heavy atom. The fourth-order valence-corrected chi connectivity index (χ4v) is 5.67. The van der Waals surface area contributed by atoms with Crippen LogP contribution < -0.4 is 0 Å². The van der Waals surface area contributed by atoms with Gasteiger partial charge in [-0.2, -0.15) is 25.3 Å². The zero-order chi connectivity index (χ0) is 13.4. The summed E-state index contributed by atoms with van der Waals surface area (Å²) >= 11 is 0. The first-order valence-electron chi connectivity index (χ1n) is 3.72. The van der Waals surface area contributed by atoms with E-state index in [4.69, 9.17) is 13.7 Å². The maximum absolute atomic E-state index is 10.8. The van der Waals surface area contributed by atoms with Gasteiger partial charge >= 0.3 is 33.8 Å². The predicted molar refractivity (Wildman–Crippen MR) is 52.3 cm³/mol. The highest BCUT2D eigenvalue weighted by molar-refractivity contribution is 8.21. The van der Waals surface area contributed by atoms with Gasteiger partial charge in [-0.3, -0.25) is 13.7 Å². The van der Waals surface area contributed by atoms with Gasteiger partial charge in [0, 0.05) is 6.42 Å². The van der Waals surface area contributed by atoms with E-state index in [1.165, 1.54) is 6.92 Å². The average molecular weight is 298 g/mol. The zero-order valence-electron chi connectivity index (χ0n) is 7.93. The van der Waals surface area contributed by atoms with Gasteiger partial charge in [0.15, 0.2) is 0 Å². The van der Waals surface area contributed by atoms with Crippen molar-refractivity contribution in [3.8, 4) is 0 Å². The molecular formula is C4H10O9S3. The summed E-state index contributed by atoms with van der Waals surface area (Å²) in [5.74, 6) is 0. The van der Waals surface area contributed by atoms with Gasteiger partial charge in [-0.05, 0) is 0 Å². The first-order valence-corrected chi connectivity index (χ1v) is 8.04. The lowest BCUT2D eigenvalue weighted by Gasteiger charge is -2.23. The van der Waals surface area contributed by atoms with E-state index in [1.54, 1.807) is 0 Å². The van der Waals surface area contributed by atoms with Crippen LogP contribution in [-0.4, -0.2) is 42.3 Å². The molecule has 0 aromatic rings. The van der Waals surface area contributed by atoms with E-state index >= 15 is 0 Å². The molecule has 0 aliphatic rings. The first-order chi connectivity index (χ1) is 6.81. The highest BCUT2D eigenvalue weighted by Crippen LogP contribution is 2.33. The van der Waals surface area contributed by atoms with Gasteiger partial charge < -0.3 is 0 Å². The Labute approximate surface area is 92.7 Å². The Morgan fingerprint density at radius 3 is 1.12 bits per heavy atom. The molecule has 9 nitrogen and oxygen atoms in total. The molecule has 12 heteroatoms. The van der Waals surface area contributed by atoms with E-state index in [9.17, 15) is 25.3 Å². The number of hydrogen-bond acceptors (Lipinski definition) is 6. The second-order valence-corrected chi connectivity index (χ2v) is 8.57. The van der Waals surface area contributed by atoms with Crippen LogP contribution in [0.5, 0.6) is 0 Å². The lowest BCUT2D eigenvalue weighted by Crippen LogP contribution is -2.52. The predicted octanol–water partition coefficient (Wildman–Crippen LogP) is -0.896. The monoisotopic (exact) mass is 298 g/mol. The van der Waals surface area contributed by atoms with Gasteiger partial charge in [0.1, 0.15) is 0 Å². The van der Waals surface area contributed by atoms with Crippen LogP contribution in [0, 0.1) is 0 Å². The Bertz CT molecular complexity index is 471. The summed E-state index contributed by atoms with van der Waals surface area (Å²) in [7, 11) is -17.3. The second kappa shape index (κ2) is 4.19. The van der Waals surface area contributed by atoms with Crippen LogP contribution in [0.2, 0.25) is 0 Å². The summed E-state index contributed by atoms with van der Waals surface area (Å²) in [6.45, 7) is 1.19. The second-order valence-electron chi connectivity index (χ2n) is 2.86. The Kier molecular flexibility index (Phi) is 4.12. The average Bonchev–Trinajstić information content (AvgIpc) is 1.91. The van der Waals surface area contributed by atoms with E-state index in [0.29, 0.717) is 0 Å². The fourth-order valence-electron chi connectivity index (χ4n) is 1.09. The molecule has 0 unspecified atom stereocenters. The Hall–Kier alpha value is -0.270. The van der Waals surface area contributed by atoms with E-state index in [0.717, 1.165) is 0 Å². The molecule has 0 spiro atoms. The van der Waals surface area contributed by atoms with E-state index in [1.807, 2.05) is 0 Å². The first kappa shape index (κ1) is 15.7. The normalized spacial score (nSPS) is 15.0. The molecule has 0 aliphatic carbocycles. The smallest absolute Gasteiger partial charge is 0.283 e. The molecule has 0 aliphatic heterocycles. The standard InChI is InChI=1S/C4H10O9S3/c1-2-3-4(14(5,6)7,15(8,9)10)16(11,12)13/h2-3H2,1H3,(H,5,6,7)(H,8,9,10)(H,11,12,13). The van der Waals surface area contributed by atoms with Crippen molar-refractivity contribution in [1.29, 1.82) is 0 Å². The third-order valence-electron chi connectivity index (χ3n) is 1.74. The summed E-state index contributed by atoms with van der Waals surface area (Å²) in [6, 6.07) is 0. The third-order valence-corrected chi connectivity index (χ3v) is 8.50. The minimum absolute atomic E-state index is 0.348. The molecule has 0 atom stereocenters. The quantitative estimate of drug-likeness (QED) is 0.546. The molecule has 0 bridgehead atoms. The number of hydrogen-bond donors (Lipinski definition) is 3. The molecule has 0 rings (SSSR count). The molecule has 0 saturated carbocycles. The Balaban J connectivity index is 6.53. The van der Waals surface area contributed by atoms with Gasteiger partial charge in [-0.25, -0.2) is 0 Å². The van der Waals surface area contributed by atoms with Crippen LogP contribution in [0.15, 0.2) is 0 Å². The lowest BCUT2D eigenvalue weighted by atomic mass is 10.4. The lowest BCUT2D eigenvalue weighted by molar-refractivity contribution is 0.415. The molecule has 16 heavy (non-hydrogen) atoms. The van der Waals surface area contributed by atoms with E-state index in [-0.39, 0.29) is 6.42 Å². The van der Waals surface area contributed by atoms with Crippen molar-refractivity contribution in [1.82, 2.24) is 0 Å². The third kappa shape index (κ3) is 2.36. The van der Waals surface area contributed by atoms with Gasteiger partial charge in [0.25, 0.3) is 0 Å². The molecular weight excluding hydrogens is 288 g/mol. The summed E-state index contributed by atoms with van der Waals surface area (Å²) in [4.78, 5) is 0. The van der Waals surface area contributed by atoms with Crippen LogP contribution in [0.25, 0.3) is 0 Å². The minimum atomic E-state index is -5.78. The van der Waals surface area contributed by atoms with E-state index < -0.39 is 40.2 Å². The number of rotatable bonds is 5. The van der Waals surface area contributed by atoms with Crippen LogP contribution in [0.3, 0.4) is 0 Å². The molecule has 0 saturated heterocycles. The molecule has 0 aromatic carbocycles. The summed E-state index contributed by atoms with van der Waals surface area (Å²) in [5, 5.41) is 0. The highest BCUT2D eigenvalue weighted by Gasteiger charge is 2.64. The minimum Gasteiger partial charge on any atom is -0.283 e. The molecule has 0 heterocycles. The van der Waals surface area contributed by atoms with Gasteiger partial charge in [-0.15, -0.1) is 0 Å². The van der Waals surface area contributed by atoms with Gasteiger partial charge in [-0.1, -0.05) is 13.3 Å². The maximum atomic E-state index is 10.8.